The summed E-state index contributed by atoms with van der Waals surface area (Å²) >= 11 is 1.46. The molecule has 0 aliphatic heterocycles. The van der Waals surface area contributed by atoms with E-state index in [1.165, 1.54) is 11.3 Å². The summed E-state index contributed by atoms with van der Waals surface area (Å²) in [5, 5.41) is 3.92. The number of nitrogens with two attached hydrogens (primary N) is 1. The molecular formula is C15H21N3OS. The summed E-state index contributed by atoms with van der Waals surface area (Å²) in [6, 6.07) is 7.84. The predicted molar refractivity (Wildman–Crippen MR) is 86.4 cm³/mol. The first-order chi connectivity index (χ1) is 9.59. The zero-order valence-electron chi connectivity index (χ0n) is 12.0. The lowest BCUT2D eigenvalue weighted by molar-refractivity contribution is 0.0957. The SMILES string of the molecule is CN(C)CCCCNC(=O)c1sc2ccccc2c1N. The van der Waals surface area contributed by atoms with E-state index in [-0.39, 0.29) is 5.91 Å². The van der Waals surface area contributed by atoms with Gasteiger partial charge in [-0.3, -0.25) is 4.79 Å². The number of rotatable bonds is 6. The average Bonchev–Trinajstić information content (AvgIpc) is 2.76. The van der Waals surface area contributed by atoms with Crippen molar-refractivity contribution in [2.24, 2.45) is 0 Å². The number of anilines is 1. The lowest BCUT2D eigenvalue weighted by Gasteiger charge is -2.09. The van der Waals surface area contributed by atoms with Crippen LogP contribution in [0.4, 0.5) is 5.69 Å². The zero-order chi connectivity index (χ0) is 14.5. The van der Waals surface area contributed by atoms with Crippen LogP contribution in [0, 0.1) is 0 Å². The molecule has 1 aromatic heterocycles. The largest absolute Gasteiger partial charge is 0.397 e. The highest BCUT2D eigenvalue weighted by molar-refractivity contribution is 7.21. The van der Waals surface area contributed by atoms with Crippen molar-refractivity contribution in [1.29, 1.82) is 0 Å². The molecule has 108 valence electrons. The van der Waals surface area contributed by atoms with E-state index in [0.717, 1.165) is 29.5 Å². The minimum atomic E-state index is -0.0615. The Kier molecular flexibility index (Phi) is 4.98. The Balaban J connectivity index is 1.93. The van der Waals surface area contributed by atoms with Gasteiger partial charge >= 0.3 is 0 Å². The van der Waals surface area contributed by atoms with Crippen LogP contribution in [-0.2, 0) is 0 Å². The summed E-state index contributed by atoms with van der Waals surface area (Å²) < 4.78 is 1.06. The van der Waals surface area contributed by atoms with E-state index < -0.39 is 0 Å². The maximum atomic E-state index is 12.1. The van der Waals surface area contributed by atoms with Crippen molar-refractivity contribution in [3.05, 3.63) is 29.1 Å². The molecular weight excluding hydrogens is 270 g/mol. The van der Waals surface area contributed by atoms with Gasteiger partial charge in [-0.25, -0.2) is 0 Å². The molecule has 1 heterocycles. The molecule has 2 rings (SSSR count). The Bertz CT molecular complexity index is 592. The number of benzene rings is 1. The second-order valence-corrected chi connectivity index (χ2v) is 6.16. The van der Waals surface area contributed by atoms with Gasteiger partial charge in [0.25, 0.3) is 5.91 Å². The maximum Gasteiger partial charge on any atom is 0.263 e. The number of fused-ring (bicyclic) bond motifs is 1. The van der Waals surface area contributed by atoms with Gasteiger partial charge in [-0.05, 0) is 39.5 Å². The fourth-order valence-corrected chi connectivity index (χ4v) is 3.11. The third-order valence-corrected chi connectivity index (χ3v) is 4.34. The molecule has 0 spiro atoms. The third kappa shape index (κ3) is 3.49. The number of amides is 1. The van der Waals surface area contributed by atoms with E-state index >= 15 is 0 Å². The Hall–Kier alpha value is -1.59. The van der Waals surface area contributed by atoms with Crippen LogP contribution >= 0.6 is 11.3 Å². The molecule has 0 bridgehead atoms. The molecule has 0 radical (unpaired) electrons. The molecule has 0 saturated heterocycles. The number of nitrogens with zero attached hydrogens (tertiary/aromatic N) is 1. The first-order valence-corrected chi connectivity index (χ1v) is 7.61. The highest BCUT2D eigenvalue weighted by Crippen LogP contribution is 2.33. The monoisotopic (exact) mass is 291 g/mol. The van der Waals surface area contributed by atoms with Crippen LogP contribution < -0.4 is 11.1 Å². The van der Waals surface area contributed by atoms with Crippen molar-refractivity contribution < 1.29 is 4.79 Å². The van der Waals surface area contributed by atoms with Crippen LogP contribution in [0.15, 0.2) is 24.3 Å². The smallest absolute Gasteiger partial charge is 0.263 e. The standard InChI is InChI=1S/C15H21N3OS/c1-18(2)10-6-5-9-17-15(19)14-13(16)11-7-3-4-8-12(11)20-14/h3-4,7-8H,5-6,9-10,16H2,1-2H3,(H,17,19). The normalized spacial score (nSPS) is 11.2. The van der Waals surface area contributed by atoms with Crippen LogP contribution in [0.5, 0.6) is 0 Å². The van der Waals surface area contributed by atoms with Crippen LogP contribution in [0.25, 0.3) is 10.1 Å². The molecule has 0 saturated carbocycles. The minimum Gasteiger partial charge on any atom is -0.397 e. The van der Waals surface area contributed by atoms with Gasteiger partial charge < -0.3 is 16.0 Å². The topological polar surface area (TPSA) is 58.4 Å². The first-order valence-electron chi connectivity index (χ1n) is 6.79. The summed E-state index contributed by atoms with van der Waals surface area (Å²) in [5.74, 6) is -0.0615. The predicted octanol–water partition coefficient (Wildman–Crippen LogP) is 2.56. The molecule has 0 aliphatic carbocycles. The van der Waals surface area contributed by atoms with E-state index in [1.807, 2.05) is 24.3 Å². The van der Waals surface area contributed by atoms with Crippen molar-refractivity contribution in [1.82, 2.24) is 10.2 Å². The van der Waals surface area contributed by atoms with E-state index in [0.29, 0.717) is 17.1 Å². The van der Waals surface area contributed by atoms with Gasteiger partial charge in [0.2, 0.25) is 0 Å². The van der Waals surface area contributed by atoms with Crippen molar-refractivity contribution in [2.75, 3.05) is 32.9 Å². The lowest BCUT2D eigenvalue weighted by atomic mass is 10.2. The molecule has 0 aliphatic rings. The van der Waals surface area contributed by atoms with E-state index in [4.69, 9.17) is 5.73 Å². The Morgan fingerprint density at radius 1 is 1.30 bits per heavy atom. The van der Waals surface area contributed by atoms with Crippen molar-refractivity contribution in [3.63, 3.8) is 0 Å². The second-order valence-electron chi connectivity index (χ2n) is 5.11. The van der Waals surface area contributed by atoms with Crippen molar-refractivity contribution in [2.45, 2.75) is 12.8 Å². The second kappa shape index (κ2) is 6.72. The number of thiophene rings is 1. The quantitative estimate of drug-likeness (QED) is 0.804. The summed E-state index contributed by atoms with van der Waals surface area (Å²) in [4.78, 5) is 14.9. The minimum absolute atomic E-state index is 0.0615. The average molecular weight is 291 g/mol. The highest BCUT2D eigenvalue weighted by Gasteiger charge is 2.15. The molecule has 0 unspecified atom stereocenters. The molecule has 0 atom stereocenters. The van der Waals surface area contributed by atoms with E-state index in [2.05, 4.69) is 24.3 Å². The molecule has 1 amide bonds. The number of hydrogen-bond donors (Lipinski definition) is 2. The molecule has 20 heavy (non-hydrogen) atoms. The van der Waals surface area contributed by atoms with Crippen LogP contribution in [0.1, 0.15) is 22.5 Å². The third-order valence-electron chi connectivity index (χ3n) is 3.16. The van der Waals surface area contributed by atoms with Gasteiger partial charge in [0, 0.05) is 16.6 Å². The summed E-state index contributed by atoms with van der Waals surface area (Å²) in [6.07, 6.45) is 2.06. The Labute approximate surface area is 123 Å². The van der Waals surface area contributed by atoms with Crippen LogP contribution in [-0.4, -0.2) is 38.0 Å². The molecule has 2 aromatic rings. The lowest BCUT2D eigenvalue weighted by Crippen LogP contribution is -2.25. The van der Waals surface area contributed by atoms with Gasteiger partial charge in [0.05, 0.1) is 5.69 Å². The van der Waals surface area contributed by atoms with E-state index in [1.54, 1.807) is 0 Å². The molecule has 4 nitrogen and oxygen atoms in total. The van der Waals surface area contributed by atoms with Crippen molar-refractivity contribution in [3.8, 4) is 0 Å². The zero-order valence-corrected chi connectivity index (χ0v) is 12.8. The van der Waals surface area contributed by atoms with Crippen LogP contribution in [0.3, 0.4) is 0 Å². The number of carbonyl (C=O) groups excluding carboxylic acids is 1. The number of carbonyl (C=O) groups is 1. The highest BCUT2D eigenvalue weighted by atomic mass is 32.1. The van der Waals surface area contributed by atoms with Crippen LogP contribution in [0.2, 0.25) is 0 Å². The molecule has 0 fully saturated rings. The Morgan fingerprint density at radius 3 is 2.75 bits per heavy atom. The molecule has 1 aromatic carbocycles. The molecule has 5 heteroatoms. The number of unbranched alkanes of at least 4 members (excludes halogenated alkanes) is 1. The van der Waals surface area contributed by atoms with Gasteiger partial charge in [-0.1, -0.05) is 18.2 Å². The fraction of sp³-hybridized carbons (Fsp3) is 0.400. The van der Waals surface area contributed by atoms with E-state index in [9.17, 15) is 4.79 Å². The number of hydrogen-bond acceptors (Lipinski definition) is 4. The van der Waals surface area contributed by atoms with Gasteiger partial charge in [0.15, 0.2) is 0 Å². The van der Waals surface area contributed by atoms with Gasteiger partial charge in [-0.15, -0.1) is 11.3 Å². The van der Waals surface area contributed by atoms with Crippen molar-refractivity contribution >= 4 is 33.0 Å². The number of nitrogen functional groups attached to an aromatic ring is 1. The van der Waals surface area contributed by atoms with Gasteiger partial charge in [0.1, 0.15) is 4.88 Å². The number of nitrogens with one attached hydrogen (secondary N) is 1. The summed E-state index contributed by atoms with van der Waals surface area (Å²) in [7, 11) is 4.10. The molecule has 3 N–H and O–H groups in total. The Morgan fingerprint density at radius 2 is 2.05 bits per heavy atom. The first kappa shape index (κ1) is 14.8. The maximum absolute atomic E-state index is 12.1. The summed E-state index contributed by atoms with van der Waals surface area (Å²) in [5.41, 5.74) is 6.65. The fourth-order valence-electron chi connectivity index (χ4n) is 2.07. The van der Waals surface area contributed by atoms with Gasteiger partial charge in [-0.2, -0.15) is 0 Å². The summed E-state index contributed by atoms with van der Waals surface area (Å²) in [6.45, 7) is 1.74.